The Kier molecular flexibility index (Phi) is 3.83. The summed E-state index contributed by atoms with van der Waals surface area (Å²) in [6, 6.07) is 6.02. The summed E-state index contributed by atoms with van der Waals surface area (Å²) in [7, 11) is 0. The van der Waals surface area contributed by atoms with Crippen molar-refractivity contribution in [1.29, 1.82) is 0 Å². The minimum Gasteiger partial charge on any atom is -0.406 e. The molecule has 94 valence electrons. The predicted molar refractivity (Wildman–Crippen MR) is 60.9 cm³/mol. The third-order valence-electron chi connectivity index (χ3n) is 2.35. The highest BCUT2D eigenvalue weighted by atomic mass is 32.2. The van der Waals surface area contributed by atoms with E-state index in [4.69, 9.17) is 0 Å². The first-order valence-corrected chi connectivity index (χ1v) is 6.30. The molecule has 0 radical (unpaired) electrons. The third kappa shape index (κ3) is 3.81. The van der Waals surface area contributed by atoms with Crippen LogP contribution in [-0.2, 0) is 0 Å². The SMILES string of the molecule is FC(F)(F)Oc1ccc(C2NCCCS2)cc1. The molecular formula is C11H12F3NOS. The van der Waals surface area contributed by atoms with E-state index in [1.807, 2.05) is 0 Å². The minimum absolute atomic E-state index is 0.170. The zero-order chi connectivity index (χ0) is 12.3. The van der Waals surface area contributed by atoms with Crippen LogP contribution in [0.5, 0.6) is 5.75 Å². The molecule has 1 aromatic rings. The van der Waals surface area contributed by atoms with Crippen molar-refractivity contribution in [3.63, 3.8) is 0 Å². The van der Waals surface area contributed by atoms with Gasteiger partial charge in [0, 0.05) is 0 Å². The Balaban J connectivity index is 2.02. The third-order valence-corrected chi connectivity index (χ3v) is 3.65. The molecule has 1 unspecified atom stereocenters. The lowest BCUT2D eigenvalue weighted by Crippen LogP contribution is -2.25. The molecule has 0 aromatic heterocycles. The first-order chi connectivity index (χ1) is 8.04. The average molecular weight is 263 g/mol. The molecule has 2 rings (SSSR count). The largest absolute Gasteiger partial charge is 0.573 e. The standard InChI is InChI=1S/C11H12F3NOS/c12-11(13,14)16-9-4-2-8(3-5-9)10-15-6-1-7-17-10/h2-5,10,15H,1,6-7H2. The molecular weight excluding hydrogens is 251 g/mol. The summed E-state index contributed by atoms with van der Waals surface area (Å²) in [6.07, 6.45) is -3.50. The van der Waals surface area contributed by atoms with E-state index in [9.17, 15) is 13.2 Å². The first kappa shape index (κ1) is 12.6. The molecule has 0 spiro atoms. The van der Waals surface area contributed by atoms with E-state index >= 15 is 0 Å². The predicted octanol–water partition coefficient (Wildman–Crippen LogP) is 3.31. The number of thioether (sulfide) groups is 1. The number of alkyl halides is 3. The molecule has 1 aliphatic rings. The van der Waals surface area contributed by atoms with Gasteiger partial charge in [-0.3, -0.25) is 0 Å². The number of hydrogen-bond acceptors (Lipinski definition) is 3. The van der Waals surface area contributed by atoms with E-state index in [1.54, 1.807) is 23.9 Å². The molecule has 17 heavy (non-hydrogen) atoms. The average Bonchev–Trinajstić information content (AvgIpc) is 2.29. The molecule has 0 saturated carbocycles. The van der Waals surface area contributed by atoms with Gasteiger partial charge in [-0.05, 0) is 36.4 Å². The zero-order valence-electron chi connectivity index (χ0n) is 8.96. The lowest BCUT2D eigenvalue weighted by atomic mass is 10.2. The molecule has 0 bridgehead atoms. The van der Waals surface area contributed by atoms with Crippen LogP contribution in [0.15, 0.2) is 24.3 Å². The van der Waals surface area contributed by atoms with Crippen molar-refractivity contribution in [1.82, 2.24) is 5.32 Å². The van der Waals surface area contributed by atoms with Crippen molar-refractivity contribution >= 4 is 11.8 Å². The Hall–Kier alpha value is -0.880. The molecule has 1 N–H and O–H groups in total. The number of halogens is 3. The van der Waals surface area contributed by atoms with Gasteiger partial charge in [0.15, 0.2) is 0 Å². The number of benzene rings is 1. The van der Waals surface area contributed by atoms with Crippen molar-refractivity contribution in [3.05, 3.63) is 29.8 Å². The summed E-state index contributed by atoms with van der Waals surface area (Å²) in [5, 5.41) is 3.47. The highest BCUT2D eigenvalue weighted by Gasteiger charge is 2.31. The molecule has 2 nitrogen and oxygen atoms in total. The van der Waals surface area contributed by atoms with Crippen LogP contribution in [0.3, 0.4) is 0 Å². The molecule has 1 heterocycles. The first-order valence-electron chi connectivity index (χ1n) is 5.25. The van der Waals surface area contributed by atoms with Crippen molar-refractivity contribution in [3.8, 4) is 5.75 Å². The fraction of sp³-hybridized carbons (Fsp3) is 0.455. The van der Waals surface area contributed by atoms with Gasteiger partial charge in [-0.15, -0.1) is 24.9 Å². The Morgan fingerprint density at radius 3 is 2.47 bits per heavy atom. The molecule has 1 aromatic carbocycles. The van der Waals surface area contributed by atoms with E-state index in [2.05, 4.69) is 10.1 Å². The highest BCUT2D eigenvalue weighted by Crippen LogP contribution is 2.31. The fourth-order valence-corrected chi connectivity index (χ4v) is 2.76. The number of rotatable bonds is 2. The van der Waals surface area contributed by atoms with Gasteiger partial charge in [0.05, 0.1) is 5.37 Å². The van der Waals surface area contributed by atoms with Gasteiger partial charge in [0.2, 0.25) is 0 Å². The number of nitrogens with one attached hydrogen (secondary N) is 1. The minimum atomic E-state index is -4.63. The van der Waals surface area contributed by atoms with Gasteiger partial charge in [0.1, 0.15) is 5.75 Å². The molecule has 1 fully saturated rings. The topological polar surface area (TPSA) is 21.3 Å². The van der Waals surface area contributed by atoms with Gasteiger partial charge >= 0.3 is 6.36 Å². The maximum absolute atomic E-state index is 12.0. The summed E-state index contributed by atoms with van der Waals surface area (Å²) in [5.74, 6) is 0.889. The normalized spacial score (nSPS) is 21.2. The number of ether oxygens (including phenoxy) is 1. The van der Waals surface area contributed by atoms with Crippen LogP contribution in [0.1, 0.15) is 17.4 Å². The summed E-state index contributed by atoms with van der Waals surface area (Å²) in [5.41, 5.74) is 0.976. The fourth-order valence-electron chi connectivity index (χ4n) is 1.62. The van der Waals surface area contributed by atoms with Crippen LogP contribution in [0.25, 0.3) is 0 Å². The number of hydrogen-bond donors (Lipinski definition) is 1. The monoisotopic (exact) mass is 263 g/mol. The Morgan fingerprint density at radius 1 is 1.24 bits per heavy atom. The summed E-state index contributed by atoms with van der Waals surface area (Å²) < 4.78 is 39.7. The van der Waals surface area contributed by atoms with Crippen molar-refractivity contribution in [2.75, 3.05) is 12.3 Å². The molecule has 0 amide bonds. The van der Waals surface area contributed by atoms with Gasteiger partial charge < -0.3 is 10.1 Å². The summed E-state index contributed by atoms with van der Waals surface area (Å²) in [6.45, 7) is 0.943. The van der Waals surface area contributed by atoms with E-state index in [0.29, 0.717) is 0 Å². The van der Waals surface area contributed by atoms with Crippen LogP contribution in [0, 0.1) is 0 Å². The summed E-state index contributed by atoms with van der Waals surface area (Å²) in [4.78, 5) is 0. The van der Waals surface area contributed by atoms with Crippen molar-refractivity contribution < 1.29 is 17.9 Å². The van der Waals surface area contributed by atoms with Gasteiger partial charge in [-0.25, -0.2) is 0 Å². The summed E-state index contributed by atoms with van der Waals surface area (Å²) >= 11 is 1.76. The molecule has 1 atom stereocenters. The quantitative estimate of drug-likeness (QED) is 0.884. The lowest BCUT2D eigenvalue weighted by molar-refractivity contribution is -0.274. The molecule has 1 aliphatic heterocycles. The van der Waals surface area contributed by atoms with E-state index in [-0.39, 0.29) is 11.1 Å². The Morgan fingerprint density at radius 2 is 1.94 bits per heavy atom. The molecule has 1 saturated heterocycles. The van der Waals surface area contributed by atoms with Crippen LogP contribution in [0.2, 0.25) is 0 Å². The Bertz CT molecular complexity index is 360. The van der Waals surface area contributed by atoms with Crippen LogP contribution in [-0.4, -0.2) is 18.7 Å². The maximum atomic E-state index is 12.0. The van der Waals surface area contributed by atoms with E-state index in [0.717, 1.165) is 24.3 Å². The second-order valence-corrected chi connectivity index (χ2v) is 4.89. The second-order valence-electron chi connectivity index (χ2n) is 3.68. The van der Waals surface area contributed by atoms with Crippen LogP contribution >= 0.6 is 11.8 Å². The van der Waals surface area contributed by atoms with Gasteiger partial charge in [-0.2, -0.15) is 0 Å². The van der Waals surface area contributed by atoms with Gasteiger partial charge in [-0.1, -0.05) is 12.1 Å². The molecule has 6 heteroatoms. The molecule has 0 aliphatic carbocycles. The lowest BCUT2D eigenvalue weighted by Gasteiger charge is -2.23. The van der Waals surface area contributed by atoms with Crippen LogP contribution in [0.4, 0.5) is 13.2 Å². The van der Waals surface area contributed by atoms with Crippen molar-refractivity contribution in [2.45, 2.75) is 18.2 Å². The van der Waals surface area contributed by atoms with E-state index < -0.39 is 6.36 Å². The van der Waals surface area contributed by atoms with Crippen molar-refractivity contribution in [2.24, 2.45) is 0 Å². The van der Waals surface area contributed by atoms with Crippen LogP contribution < -0.4 is 10.1 Å². The van der Waals surface area contributed by atoms with Gasteiger partial charge in [0.25, 0.3) is 0 Å². The second kappa shape index (κ2) is 5.18. The Labute approximate surface area is 102 Å². The van der Waals surface area contributed by atoms with E-state index in [1.165, 1.54) is 12.1 Å². The highest BCUT2D eigenvalue weighted by molar-refractivity contribution is 7.99. The smallest absolute Gasteiger partial charge is 0.406 e. The maximum Gasteiger partial charge on any atom is 0.573 e. The zero-order valence-corrected chi connectivity index (χ0v) is 9.77.